The molecule has 0 aromatic carbocycles. The van der Waals surface area contributed by atoms with E-state index in [0.717, 1.165) is 30.9 Å². The van der Waals surface area contributed by atoms with Gasteiger partial charge in [0.25, 0.3) is 0 Å². The van der Waals surface area contributed by atoms with Crippen LogP contribution in [0.5, 0.6) is 0 Å². The highest BCUT2D eigenvalue weighted by molar-refractivity contribution is 5.79. The van der Waals surface area contributed by atoms with Crippen LogP contribution in [0, 0.1) is 11.8 Å². The van der Waals surface area contributed by atoms with Gasteiger partial charge in [-0.15, -0.1) is 0 Å². The van der Waals surface area contributed by atoms with E-state index in [0.29, 0.717) is 0 Å². The lowest BCUT2D eigenvalue weighted by molar-refractivity contribution is 0.571. The van der Waals surface area contributed by atoms with E-state index in [-0.39, 0.29) is 0 Å². The van der Waals surface area contributed by atoms with Crippen LogP contribution in [0.15, 0.2) is 4.99 Å². The Balaban J connectivity index is 1.97. The summed E-state index contributed by atoms with van der Waals surface area (Å²) in [6.07, 6.45) is 6.77. The van der Waals surface area contributed by atoms with E-state index in [1.807, 2.05) is 7.05 Å². The summed E-state index contributed by atoms with van der Waals surface area (Å²) < 4.78 is 0. The van der Waals surface area contributed by atoms with Gasteiger partial charge in [0.15, 0.2) is 5.96 Å². The quantitative estimate of drug-likeness (QED) is 0.396. The molecule has 1 saturated carbocycles. The molecule has 2 N–H and O–H groups in total. The summed E-state index contributed by atoms with van der Waals surface area (Å²) in [6.45, 7) is 6.55. The third-order valence-corrected chi connectivity index (χ3v) is 3.02. The SMILES string of the molecule is CN=C(NCCCC1CC1)NCCC(C)C. The van der Waals surface area contributed by atoms with E-state index in [1.165, 1.54) is 32.1 Å². The fourth-order valence-corrected chi connectivity index (χ4v) is 1.70. The molecule has 0 aromatic heterocycles. The summed E-state index contributed by atoms with van der Waals surface area (Å²) in [7, 11) is 1.84. The molecule has 1 aliphatic rings. The average Bonchev–Trinajstić information content (AvgIpc) is 3.05. The Morgan fingerprint density at radius 2 is 1.94 bits per heavy atom. The minimum atomic E-state index is 0.750. The number of hydrogen-bond donors (Lipinski definition) is 2. The average molecular weight is 225 g/mol. The molecule has 0 heterocycles. The van der Waals surface area contributed by atoms with Gasteiger partial charge in [0, 0.05) is 20.1 Å². The Hall–Kier alpha value is -0.730. The fourth-order valence-electron chi connectivity index (χ4n) is 1.70. The zero-order valence-corrected chi connectivity index (χ0v) is 11.1. The fraction of sp³-hybridized carbons (Fsp3) is 0.923. The predicted molar refractivity (Wildman–Crippen MR) is 70.8 cm³/mol. The standard InChI is InChI=1S/C13H27N3/c1-11(2)8-10-16-13(14-3)15-9-4-5-12-6-7-12/h11-12H,4-10H2,1-3H3,(H2,14,15,16). The van der Waals surface area contributed by atoms with Crippen LogP contribution in [0.4, 0.5) is 0 Å². The minimum Gasteiger partial charge on any atom is -0.356 e. The van der Waals surface area contributed by atoms with E-state index in [9.17, 15) is 0 Å². The maximum atomic E-state index is 4.21. The molecule has 0 spiro atoms. The molecule has 0 unspecified atom stereocenters. The molecule has 94 valence electrons. The number of aliphatic imine (C=N–C) groups is 1. The van der Waals surface area contributed by atoms with E-state index < -0.39 is 0 Å². The first-order valence-corrected chi connectivity index (χ1v) is 6.67. The van der Waals surface area contributed by atoms with E-state index in [2.05, 4.69) is 29.5 Å². The summed E-state index contributed by atoms with van der Waals surface area (Å²) in [5, 5.41) is 6.71. The molecule has 3 nitrogen and oxygen atoms in total. The second-order valence-electron chi connectivity index (χ2n) is 5.19. The molecule has 0 aromatic rings. The largest absolute Gasteiger partial charge is 0.356 e. The summed E-state index contributed by atoms with van der Waals surface area (Å²) >= 11 is 0. The Morgan fingerprint density at radius 3 is 2.50 bits per heavy atom. The monoisotopic (exact) mass is 225 g/mol. The van der Waals surface area contributed by atoms with Gasteiger partial charge in [-0.2, -0.15) is 0 Å². The molecular weight excluding hydrogens is 198 g/mol. The molecule has 0 radical (unpaired) electrons. The maximum Gasteiger partial charge on any atom is 0.190 e. The zero-order chi connectivity index (χ0) is 11.8. The van der Waals surface area contributed by atoms with Gasteiger partial charge in [-0.05, 0) is 31.1 Å². The Morgan fingerprint density at radius 1 is 1.25 bits per heavy atom. The number of guanidine groups is 1. The highest BCUT2D eigenvalue weighted by Gasteiger charge is 2.19. The molecule has 0 amide bonds. The van der Waals surface area contributed by atoms with Crippen LogP contribution in [0.1, 0.15) is 46.0 Å². The van der Waals surface area contributed by atoms with Crippen molar-refractivity contribution in [1.82, 2.24) is 10.6 Å². The lowest BCUT2D eigenvalue weighted by Crippen LogP contribution is -2.38. The Bertz CT molecular complexity index is 207. The number of nitrogens with one attached hydrogen (secondary N) is 2. The first-order chi connectivity index (χ1) is 7.72. The van der Waals surface area contributed by atoms with Crippen molar-refractivity contribution in [3.63, 3.8) is 0 Å². The van der Waals surface area contributed by atoms with Crippen molar-refractivity contribution in [3.05, 3.63) is 0 Å². The molecule has 1 rings (SSSR count). The van der Waals surface area contributed by atoms with Crippen molar-refractivity contribution in [2.75, 3.05) is 20.1 Å². The molecule has 3 heteroatoms. The molecule has 0 aliphatic heterocycles. The highest BCUT2D eigenvalue weighted by Crippen LogP contribution is 2.33. The van der Waals surface area contributed by atoms with E-state index in [4.69, 9.17) is 0 Å². The van der Waals surface area contributed by atoms with E-state index in [1.54, 1.807) is 0 Å². The summed E-state index contributed by atoms with van der Waals surface area (Å²) in [5.74, 6) is 2.75. The van der Waals surface area contributed by atoms with Gasteiger partial charge in [-0.3, -0.25) is 4.99 Å². The van der Waals surface area contributed by atoms with Gasteiger partial charge in [0.1, 0.15) is 0 Å². The molecule has 1 fully saturated rings. The van der Waals surface area contributed by atoms with Crippen molar-refractivity contribution < 1.29 is 0 Å². The first kappa shape index (κ1) is 13.3. The number of nitrogens with zero attached hydrogens (tertiary/aromatic N) is 1. The number of hydrogen-bond acceptors (Lipinski definition) is 1. The van der Waals surface area contributed by atoms with Crippen LogP contribution in [0.2, 0.25) is 0 Å². The molecule has 0 saturated heterocycles. The van der Waals surface area contributed by atoms with Crippen LogP contribution in [-0.4, -0.2) is 26.1 Å². The molecular formula is C13H27N3. The van der Waals surface area contributed by atoms with Crippen molar-refractivity contribution in [3.8, 4) is 0 Å². The second kappa shape index (κ2) is 7.53. The lowest BCUT2D eigenvalue weighted by Gasteiger charge is -2.12. The zero-order valence-electron chi connectivity index (χ0n) is 11.1. The molecule has 0 bridgehead atoms. The minimum absolute atomic E-state index is 0.750. The first-order valence-electron chi connectivity index (χ1n) is 6.67. The van der Waals surface area contributed by atoms with Crippen molar-refractivity contribution in [2.24, 2.45) is 16.8 Å². The summed E-state index contributed by atoms with van der Waals surface area (Å²) in [4.78, 5) is 4.21. The van der Waals surface area contributed by atoms with Gasteiger partial charge < -0.3 is 10.6 Å². The highest BCUT2D eigenvalue weighted by atomic mass is 15.2. The van der Waals surface area contributed by atoms with Crippen LogP contribution < -0.4 is 10.6 Å². The second-order valence-corrected chi connectivity index (χ2v) is 5.19. The smallest absolute Gasteiger partial charge is 0.190 e. The Labute approximate surface area is 100 Å². The third kappa shape index (κ3) is 6.70. The van der Waals surface area contributed by atoms with Gasteiger partial charge in [0.2, 0.25) is 0 Å². The normalized spacial score (nSPS) is 16.6. The van der Waals surface area contributed by atoms with Gasteiger partial charge in [-0.1, -0.05) is 26.7 Å². The van der Waals surface area contributed by atoms with Crippen molar-refractivity contribution >= 4 is 5.96 Å². The number of rotatable bonds is 7. The topological polar surface area (TPSA) is 36.4 Å². The van der Waals surface area contributed by atoms with Gasteiger partial charge in [-0.25, -0.2) is 0 Å². The van der Waals surface area contributed by atoms with Crippen LogP contribution in [-0.2, 0) is 0 Å². The molecule has 16 heavy (non-hydrogen) atoms. The lowest BCUT2D eigenvalue weighted by atomic mass is 10.1. The van der Waals surface area contributed by atoms with E-state index >= 15 is 0 Å². The summed E-state index contributed by atoms with van der Waals surface area (Å²) in [5.41, 5.74) is 0. The summed E-state index contributed by atoms with van der Waals surface area (Å²) in [6, 6.07) is 0. The third-order valence-electron chi connectivity index (χ3n) is 3.02. The van der Waals surface area contributed by atoms with Gasteiger partial charge >= 0.3 is 0 Å². The Kier molecular flexibility index (Phi) is 6.27. The van der Waals surface area contributed by atoms with Crippen LogP contribution >= 0.6 is 0 Å². The van der Waals surface area contributed by atoms with Crippen LogP contribution in [0.25, 0.3) is 0 Å². The predicted octanol–water partition coefficient (Wildman–Crippen LogP) is 2.39. The van der Waals surface area contributed by atoms with Crippen LogP contribution in [0.3, 0.4) is 0 Å². The van der Waals surface area contributed by atoms with Crippen molar-refractivity contribution in [1.29, 1.82) is 0 Å². The molecule has 1 aliphatic carbocycles. The maximum absolute atomic E-state index is 4.21. The van der Waals surface area contributed by atoms with Gasteiger partial charge in [0.05, 0.1) is 0 Å². The van der Waals surface area contributed by atoms with Crippen molar-refractivity contribution in [2.45, 2.75) is 46.0 Å². The molecule has 0 atom stereocenters.